The van der Waals surface area contributed by atoms with E-state index in [0.29, 0.717) is 5.69 Å². The summed E-state index contributed by atoms with van der Waals surface area (Å²) in [4.78, 5) is -0.145. The molecule has 7 nitrogen and oxygen atoms in total. The van der Waals surface area contributed by atoms with Crippen molar-refractivity contribution < 1.29 is 16.8 Å². The fourth-order valence-corrected chi connectivity index (χ4v) is 3.60. The average molecular weight is 279 g/mol. The molecule has 0 radical (unpaired) electrons. The number of anilines is 1. The Morgan fingerprint density at radius 2 is 1.59 bits per heavy atom. The second-order valence-electron chi connectivity index (χ2n) is 3.16. The number of benzene rings is 1. The van der Waals surface area contributed by atoms with Crippen LogP contribution >= 0.6 is 0 Å². The molecular weight excluding hydrogens is 266 g/mol. The summed E-state index contributed by atoms with van der Waals surface area (Å²) < 4.78 is 48.8. The van der Waals surface area contributed by atoms with Crippen LogP contribution in [0, 0.1) is 0 Å². The Morgan fingerprint density at radius 1 is 1.12 bits per heavy atom. The van der Waals surface area contributed by atoms with Gasteiger partial charge in [0.2, 0.25) is 0 Å². The molecule has 0 heterocycles. The molecule has 9 heteroatoms. The van der Waals surface area contributed by atoms with E-state index in [9.17, 15) is 16.8 Å². The third-order valence-corrected chi connectivity index (χ3v) is 6.03. The van der Waals surface area contributed by atoms with Gasteiger partial charge in [0.05, 0.1) is 4.90 Å². The highest BCUT2D eigenvalue weighted by atomic mass is 32.3. The van der Waals surface area contributed by atoms with Crippen LogP contribution in [0.3, 0.4) is 0 Å². The average Bonchev–Trinajstić information content (AvgIpc) is 2.28. The number of nitrogens with one attached hydrogen (secondary N) is 1. The molecule has 1 aromatic rings. The van der Waals surface area contributed by atoms with Crippen LogP contribution in [-0.2, 0) is 20.2 Å². The summed E-state index contributed by atoms with van der Waals surface area (Å²) in [5.74, 6) is 0. The predicted molar refractivity (Wildman–Crippen MR) is 63.8 cm³/mol. The molecule has 0 aliphatic carbocycles. The zero-order valence-corrected chi connectivity index (χ0v) is 10.9. The van der Waals surface area contributed by atoms with Crippen LogP contribution in [0.15, 0.2) is 29.2 Å². The molecule has 17 heavy (non-hydrogen) atoms. The first-order chi connectivity index (χ1) is 7.71. The standard InChI is InChI=1S/C8H13N3O4S2/c1-10-17(14,15)11(2)16(12,13)8-5-3-7(9)4-6-8/h3-6,10H,9H2,1-2H3. The van der Waals surface area contributed by atoms with E-state index in [4.69, 9.17) is 5.73 Å². The van der Waals surface area contributed by atoms with Crippen LogP contribution in [-0.4, -0.2) is 34.6 Å². The molecule has 0 fully saturated rings. The molecule has 0 amide bonds. The Labute approximate surface area is 100 Å². The van der Waals surface area contributed by atoms with Crippen molar-refractivity contribution in [2.45, 2.75) is 4.90 Å². The highest BCUT2D eigenvalue weighted by molar-refractivity contribution is 8.03. The lowest BCUT2D eigenvalue weighted by molar-refractivity contribution is 0.520. The number of hydrogen-bond donors (Lipinski definition) is 2. The van der Waals surface area contributed by atoms with Gasteiger partial charge in [0.25, 0.3) is 20.2 Å². The molecule has 0 aliphatic rings. The Kier molecular flexibility index (Phi) is 3.77. The largest absolute Gasteiger partial charge is 0.399 e. The Bertz CT molecular complexity index is 592. The highest BCUT2D eigenvalue weighted by Crippen LogP contribution is 2.17. The molecule has 0 aliphatic heterocycles. The maximum absolute atomic E-state index is 11.9. The summed E-state index contributed by atoms with van der Waals surface area (Å²) in [6.45, 7) is 0. The van der Waals surface area contributed by atoms with Gasteiger partial charge in [-0.3, -0.25) is 0 Å². The van der Waals surface area contributed by atoms with E-state index in [1.54, 1.807) is 0 Å². The van der Waals surface area contributed by atoms with E-state index in [1.807, 2.05) is 4.72 Å². The molecule has 0 saturated heterocycles. The first kappa shape index (κ1) is 13.9. The maximum atomic E-state index is 11.9. The summed E-state index contributed by atoms with van der Waals surface area (Å²) in [5.41, 5.74) is 5.81. The molecule has 0 aromatic heterocycles. The number of nitrogen functional groups attached to an aromatic ring is 1. The van der Waals surface area contributed by atoms with Gasteiger partial charge in [-0.05, 0) is 24.3 Å². The zero-order chi connectivity index (χ0) is 13.3. The maximum Gasteiger partial charge on any atom is 0.292 e. The topological polar surface area (TPSA) is 110 Å². The smallest absolute Gasteiger partial charge is 0.292 e. The van der Waals surface area contributed by atoms with Crippen molar-refractivity contribution in [3.05, 3.63) is 24.3 Å². The van der Waals surface area contributed by atoms with Gasteiger partial charge < -0.3 is 5.73 Å². The van der Waals surface area contributed by atoms with Crippen molar-refractivity contribution in [3.63, 3.8) is 0 Å². The summed E-state index contributed by atoms with van der Waals surface area (Å²) >= 11 is 0. The van der Waals surface area contributed by atoms with Gasteiger partial charge >= 0.3 is 0 Å². The molecule has 96 valence electrons. The number of nitrogens with zero attached hydrogens (tertiary/aromatic N) is 1. The minimum atomic E-state index is -4.10. The number of rotatable bonds is 4. The van der Waals surface area contributed by atoms with E-state index >= 15 is 0 Å². The Hall–Kier alpha value is -1.16. The Morgan fingerprint density at radius 3 is 2.00 bits per heavy atom. The van der Waals surface area contributed by atoms with E-state index in [0.717, 1.165) is 14.1 Å². The van der Waals surface area contributed by atoms with E-state index in [1.165, 1.54) is 24.3 Å². The number of nitrogens with two attached hydrogens (primary N) is 1. The number of sulfonamides is 1. The molecule has 3 N–H and O–H groups in total. The van der Waals surface area contributed by atoms with Gasteiger partial charge in [0, 0.05) is 19.8 Å². The fourth-order valence-electron chi connectivity index (χ4n) is 1.05. The van der Waals surface area contributed by atoms with Crippen molar-refractivity contribution in [2.24, 2.45) is 0 Å². The van der Waals surface area contributed by atoms with Crippen molar-refractivity contribution in [1.82, 2.24) is 8.43 Å². The van der Waals surface area contributed by atoms with Gasteiger partial charge in [-0.15, -0.1) is 0 Å². The molecule has 0 bridgehead atoms. The van der Waals surface area contributed by atoms with Gasteiger partial charge in [-0.1, -0.05) is 3.71 Å². The SMILES string of the molecule is CNS(=O)(=O)N(C)S(=O)(=O)c1ccc(N)cc1. The zero-order valence-electron chi connectivity index (χ0n) is 9.28. The monoisotopic (exact) mass is 279 g/mol. The molecular formula is C8H13N3O4S2. The summed E-state index contributed by atoms with van der Waals surface area (Å²) in [6.07, 6.45) is 0. The lowest BCUT2D eigenvalue weighted by atomic mass is 10.3. The molecule has 1 aromatic carbocycles. The van der Waals surface area contributed by atoms with Crippen LogP contribution in [0.1, 0.15) is 0 Å². The summed E-state index contributed by atoms with van der Waals surface area (Å²) in [7, 11) is -6.06. The molecule has 0 unspecified atom stereocenters. The van der Waals surface area contributed by atoms with Gasteiger partial charge in [0.1, 0.15) is 0 Å². The van der Waals surface area contributed by atoms with Crippen LogP contribution in [0.2, 0.25) is 0 Å². The van der Waals surface area contributed by atoms with Crippen molar-refractivity contribution >= 4 is 25.9 Å². The molecule has 0 saturated carbocycles. The van der Waals surface area contributed by atoms with Crippen LogP contribution in [0.25, 0.3) is 0 Å². The van der Waals surface area contributed by atoms with Gasteiger partial charge in [-0.2, -0.15) is 8.42 Å². The first-order valence-corrected chi connectivity index (χ1v) is 7.38. The summed E-state index contributed by atoms with van der Waals surface area (Å²) in [5, 5.41) is 0. The highest BCUT2D eigenvalue weighted by Gasteiger charge is 2.30. The minimum absolute atomic E-state index is 0.145. The quantitative estimate of drug-likeness (QED) is 0.712. The third kappa shape index (κ3) is 2.75. The molecule has 1 rings (SSSR count). The van der Waals surface area contributed by atoms with Gasteiger partial charge in [-0.25, -0.2) is 13.1 Å². The summed E-state index contributed by atoms with van der Waals surface area (Å²) in [6, 6.07) is 5.25. The lowest BCUT2D eigenvalue weighted by Gasteiger charge is -2.16. The first-order valence-electron chi connectivity index (χ1n) is 4.50. The second-order valence-corrected chi connectivity index (χ2v) is 7.27. The fraction of sp³-hybridized carbons (Fsp3) is 0.250. The normalized spacial score (nSPS) is 12.9. The second kappa shape index (κ2) is 4.61. The van der Waals surface area contributed by atoms with Crippen LogP contribution < -0.4 is 10.5 Å². The third-order valence-electron chi connectivity index (χ3n) is 2.11. The van der Waals surface area contributed by atoms with Crippen LogP contribution in [0.5, 0.6) is 0 Å². The number of hydrogen-bond acceptors (Lipinski definition) is 5. The van der Waals surface area contributed by atoms with Crippen molar-refractivity contribution in [3.8, 4) is 0 Å². The van der Waals surface area contributed by atoms with Crippen LogP contribution in [0.4, 0.5) is 5.69 Å². The van der Waals surface area contributed by atoms with E-state index in [2.05, 4.69) is 0 Å². The predicted octanol–water partition coefficient (Wildman–Crippen LogP) is -0.646. The molecule has 0 spiro atoms. The van der Waals surface area contributed by atoms with E-state index < -0.39 is 20.2 Å². The molecule has 0 atom stereocenters. The lowest BCUT2D eigenvalue weighted by Crippen LogP contribution is -2.40. The minimum Gasteiger partial charge on any atom is -0.399 e. The van der Waals surface area contributed by atoms with Crippen molar-refractivity contribution in [1.29, 1.82) is 0 Å². The van der Waals surface area contributed by atoms with Gasteiger partial charge in [0.15, 0.2) is 0 Å². The Balaban J connectivity index is 3.26. The van der Waals surface area contributed by atoms with Crippen molar-refractivity contribution in [2.75, 3.05) is 19.8 Å². The van der Waals surface area contributed by atoms with E-state index in [-0.39, 0.29) is 8.61 Å².